The van der Waals surface area contributed by atoms with Crippen LogP contribution in [0.2, 0.25) is 0 Å². The third-order valence-corrected chi connectivity index (χ3v) is 4.96. The predicted molar refractivity (Wildman–Crippen MR) is 99.9 cm³/mol. The van der Waals surface area contributed by atoms with Crippen molar-refractivity contribution in [2.24, 2.45) is 0 Å². The third kappa shape index (κ3) is 2.22. The Morgan fingerprint density at radius 1 is 0.760 bits per heavy atom. The number of para-hydroxylation sites is 4. The second-order valence-corrected chi connectivity index (χ2v) is 6.74. The summed E-state index contributed by atoms with van der Waals surface area (Å²) in [5.74, 6) is 0. The van der Waals surface area contributed by atoms with Gasteiger partial charge in [0.1, 0.15) is 5.69 Å². The van der Waals surface area contributed by atoms with Gasteiger partial charge in [-0.3, -0.25) is 10.1 Å². The zero-order valence-electron chi connectivity index (χ0n) is 14.1. The van der Waals surface area contributed by atoms with Gasteiger partial charge in [0.05, 0.1) is 16.3 Å². The molecule has 1 aliphatic heterocycles. The summed E-state index contributed by atoms with van der Waals surface area (Å²) in [7, 11) is 0. The molecule has 0 fully saturated rings. The van der Waals surface area contributed by atoms with Crippen LogP contribution in [0.25, 0.3) is 0 Å². The molecule has 0 amide bonds. The number of nitro groups is 1. The molecular weight excluding hydrogens is 312 g/mol. The molecule has 0 saturated heterocycles. The molecule has 1 heterocycles. The number of nitro benzene ring substituents is 1. The maximum atomic E-state index is 11.6. The van der Waals surface area contributed by atoms with E-state index in [-0.39, 0.29) is 16.0 Å². The van der Waals surface area contributed by atoms with E-state index in [1.165, 1.54) is 0 Å². The molecule has 4 heteroatoms. The fraction of sp³-hybridized carbons (Fsp3) is 0.143. The van der Waals surface area contributed by atoms with E-state index in [2.05, 4.69) is 26.0 Å². The summed E-state index contributed by atoms with van der Waals surface area (Å²) in [6, 6.07) is 23.2. The lowest BCUT2D eigenvalue weighted by Gasteiger charge is -2.41. The Morgan fingerprint density at radius 3 is 1.72 bits per heavy atom. The van der Waals surface area contributed by atoms with Gasteiger partial charge in [0.25, 0.3) is 5.69 Å². The maximum absolute atomic E-state index is 11.6. The lowest BCUT2D eigenvalue weighted by molar-refractivity contribution is -0.384. The van der Waals surface area contributed by atoms with Crippen molar-refractivity contribution >= 4 is 22.7 Å². The summed E-state index contributed by atoms with van der Waals surface area (Å²) in [5, 5.41) is 11.6. The topological polar surface area (TPSA) is 46.4 Å². The van der Waals surface area contributed by atoms with Crippen LogP contribution in [0.1, 0.15) is 25.0 Å². The van der Waals surface area contributed by atoms with Crippen molar-refractivity contribution in [3.63, 3.8) is 0 Å². The molecule has 0 spiro atoms. The van der Waals surface area contributed by atoms with Gasteiger partial charge >= 0.3 is 0 Å². The average Bonchev–Trinajstić information content (AvgIpc) is 2.62. The number of hydrogen-bond acceptors (Lipinski definition) is 3. The highest BCUT2D eigenvalue weighted by molar-refractivity contribution is 5.88. The molecule has 0 aromatic heterocycles. The molecule has 3 aromatic carbocycles. The summed E-state index contributed by atoms with van der Waals surface area (Å²) < 4.78 is 0. The number of anilines is 3. The lowest BCUT2D eigenvalue weighted by Crippen LogP contribution is -2.30. The summed E-state index contributed by atoms with van der Waals surface area (Å²) in [4.78, 5) is 13.3. The van der Waals surface area contributed by atoms with Crippen molar-refractivity contribution in [1.82, 2.24) is 0 Å². The Labute approximate surface area is 146 Å². The van der Waals surface area contributed by atoms with Crippen molar-refractivity contribution in [3.05, 3.63) is 94.0 Å². The summed E-state index contributed by atoms with van der Waals surface area (Å²) in [6.45, 7) is 4.39. The molecule has 0 atom stereocenters. The molecule has 0 N–H and O–H groups in total. The van der Waals surface area contributed by atoms with E-state index in [9.17, 15) is 10.1 Å². The van der Waals surface area contributed by atoms with E-state index in [0.29, 0.717) is 5.69 Å². The van der Waals surface area contributed by atoms with Crippen LogP contribution >= 0.6 is 0 Å². The van der Waals surface area contributed by atoms with E-state index in [1.807, 2.05) is 53.4 Å². The van der Waals surface area contributed by atoms with Gasteiger partial charge in [-0.05, 0) is 29.3 Å². The van der Waals surface area contributed by atoms with Gasteiger partial charge in [0, 0.05) is 11.5 Å². The molecule has 4 rings (SSSR count). The molecule has 3 aromatic rings. The van der Waals surface area contributed by atoms with Gasteiger partial charge in [-0.25, -0.2) is 0 Å². The minimum Gasteiger partial charge on any atom is -0.304 e. The number of rotatable bonds is 2. The molecule has 124 valence electrons. The van der Waals surface area contributed by atoms with Crippen LogP contribution in [0.3, 0.4) is 0 Å². The molecule has 4 nitrogen and oxygen atoms in total. The van der Waals surface area contributed by atoms with Crippen LogP contribution in [-0.4, -0.2) is 4.92 Å². The van der Waals surface area contributed by atoms with Crippen molar-refractivity contribution in [3.8, 4) is 0 Å². The van der Waals surface area contributed by atoms with Crippen molar-refractivity contribution in [2.45, 2.75) is 19.3 Å². The fourth-order valence-electron chi connectivity index (χ4n) is 3.74. The largest absolute Gasteiger partial charge is 0.304 e. The zero-order valence-corrected chi connectivity index (χ0v) is 14.1. The first-order valence-corrected chi connectivity index (χ1v) is 8.24. The van der Waals surface area contributed by atoms with Gasteiger partial charge in [-0.2, -0.15) is 0 Å². The first-order chi connectivity index (χ1) is 12.0. The lowest BCUT2D eigenvalue weighted by atomic mass is 9.73. The van der Waals surface area contributed by atoms with E-state index >= 15 is 0 Å². The van der Waals surface area contributed by atoms with Crippen LogP contribution in [0.4, 0.5) is 22.7 Å². The highest BCUT2D eigenvalue weighted by Crippen LogP contribution is 2.52. The first kappa shape index (κ1) is 15.4. The standard InChI is InChI=1S/C21H18N2O2/c1-21(2)15-9-3-5-11-17(15)22(18-12-6-4-10-16(18)21)19-13-7-8-14-20(19)23(24)25/h3-14H,1-2H3. The van der Waals surface area contributed by atoms with Gasteiger partial charge < -0.3 is 4.90 Å². The van der Waals surface area contributed by atoms with E-state index in [4.69, 9.17) is 0 Å². The Kier molecular flexibility index (Phi) is 3.35. The van der Waals surface area contributed by atoms with Crippen LogP contribution in [-0.2, 0) is 5.41 Å². The number of benzene rings is 3. The number of hydrogen-bond donors (Lipinski definition) is 0. The Morgan fingerprint density at radius 2 is 1.20 bits per heavy atom. The summed E-state index contributed by atoms with van der Waals surface area (Å²) >= 11 is 0. The van der Waals surface area contributed by atoms with Crippen LogP contribution in [0.5, 0.6) is 0 Å². The molecular formula is C21H18N2O2. The minimum absolute atomic E-state index is 0.104. The smallest absolute Gasteiger partial charge is 0.293 e. The van der Waals surface area contributed by atoms with Gasteiger partial charge in [-0.15, -0.1) is 0 Å². The number of fused-ring (bicyclic) bond motifs is 2. The fourth-order valence-corrected chi connectivity index (χ4v) is 3.74. The number of nitrogens with zero attached hydrogens (tertiary/aromatic N) is 2. The highest BCUT2D eigenvalue weighted by atomic mass is 16.6. The summed E-state index contributed by atoms with van der Waals surface area (Å²) in [5.41, 5.74) is 4.81. The average molecular weight is 330 g/mol. The molecule has 0 aliphatic carbocycles. The zero-order chi connectivity index (χ0) is 17.6. The Balaban J connectivity index is 2.07. The van der Waals surface area contributed by atoms with E-state index in [1.54, 1.807) is 12.1 Å². The molecule has 0 unspecified atom stereocenters. The van der Waals surface area contributed by atoms with Crippen LogP contribution < -0.4 is 4.90 Å². The molecule has 0 radical (unpaired) electrons. The predicted octanol–water partition coefficient (Wildman–Crippen LogP) is 5.70. The second kappa shape index (κ2) is 5.45. The molecule has 25 heavy (non-hydrogen) atoms. The minimum atomic E-state index is -0.319. The monoisotopic (exact) mass is 330 g/mol. The maximum Gasteiger partial charge on any atom is 0.293 e. The van der Waals surface area contributed by atoms with Crippen molar-refractivity contribution in [2.75, 3.05) is 4.90 Å². The van der Waals surface area contributed by atoms with E-state index < -0.39 is 0 Å². The third-order valence-electron chi connectivity index (χ3n) is 4.96. The van der Waals surface area contributed by atoms with Gasteiger partial charge in [0.15, 0.2) is 0 Å². The van der Waals surface area contributed by atoms with Gasteiger partial charge in [0.2, 0.25) is 0 Å². The SMILES string of the molecule is CC1(C)c2ccccc2N(c2ccccc2[N+](=O)[O-])c2ccccc21. The van der Waals surface area contributed by atoms with Crippen molar-refractivity contribution in [1.29, 1.82) is 0 Å². The molecule has 0 bridgehead atoms. The van der Waals surface area contributed by atoms with Crippen molar-refractivity contribution < 1.29 is 4.92 Å². The van der Waals surface area contributed by atoms with Crippen LogP contribution in [0.15, 0.2) is 72.8 Å². The van der Waals surface area contributed by atoms with Crippen LogP contribution in [0, 0.1) is 10.1 Å². The Hall–Kier alpha value is -3.14. The van der Waals surface area contributed by atoms with E-state index in [0.717, 1.165) is 22.5 Å². The first-order valence-electron chi connectivity index (χ1n) is 8.24. The summed E-state index contributed by atoms with van der Waals surface area (Å²) in [6.07, 6.45) is 0. The highest BCUT2D eigenvalue weighted by Gasteiger charge is 2.37. The normalized spacial score (nSPS) is 14.6. The Bertz CT molecular complexity index is 929. The molecule has 0 saturated carbocycles. The second-order valence-electron chi connectivity index (χ2n) is 6.74. The quantitative estimate of drug-likeness (QED) is 0.447. The van der Waals surface area contributed by atoms with Gasteiger partial charge in [-0.1, -0.05) is 62.4 Å². The molecule has 1 aliphatic rings.